The largest absolute Gasteiger partial charge is 0.495 e. The van der Waals surface area contributed by atoms with Gasteiger partial charge in [-0.1, -0.05) is 12.1 Å². The van der Waals surface area contributed by atoms with Crippen molar-refractivity contribution in [2.45, 2.75) is 56.5 Å². The molecule has 16 heteroatoms. The number of hydrogen-bond donors (Lipinski definition) is 4. The topological polar surface area (TPSA) is 143 Å². The highest BCUT2D eigenvalue weighted by Crippen LogP contribution is 2.44. The standard InChI is InChI=1S/C33H41F3N7O5P/c1-41-12-14-43(15-13-41)22-7-5-21(6-8-22)23-9-11-27(29-24(23)18-42(2)31(29)44)38-30-25(33(34,35)36)17-37-32(40-30)39-26-10-4-20(16-28(26)48-3)19-49(45,46)47/h4,9-11,16-17,21-22H,5-8,12-15,18-19H2,1-3H3,(H2,45,46,47)(H2,37,38,39,40)/t21-,22-. The van der Waals surface area contributed by atoms with E-state index in [1.54, 1.807) is 18.0 Å². The zero-order valence-corrected chi connectivity index (χ0v) is 28.5. The molecule has 0 spiro atoms. The van der Waals surface area contributed by atoms with Crippen molar-refractivity contribution in [3.63, 3.8) is 0 Å². The smallest absolute Gasteiger partial charge is 0.421 e. The number of anilines is 4. The van der Waals surface area contributed by atoms with Crippen LogP contribution >= 0.6 is 7.60 Å². The molecule has 2 aromatic carbocycles. The third-order valence-electron chi connectivity index (χ3n) is 9.74. The minimum absolute atomic E-state index is 0.184. The molecule has 0 atom stereocenters. The van der Waals surface area contributed by atoms with E-state index in [9.17, 15) is 32.3 Å². The number of nitrogens with zero attached hydrogens (tertiary/aromatic N) is 5. The highest BCUT2D eigenvalue weighted by molar-refractivity contribution is 7.50. The zero-order valence-electron chi connectivity index (χ0n) is 27.6. The summed E-state index contributed by atoms with van der Waals surface area (Å²) in [5, 5.41) is 5.66. The second-order valence-corrected chi connectivity index (χ2v) is 14.8. The molecule has 3 heterocycles. The molecule has 3 aromatic rings. The average Bonchev–Trinajstić information content (AvgIpc) is 3.35. The van der Waals surface area contributed by atoms with E-state index >= 15 is 0 Å². The molecule has 4 N–H and O–H groups in total. The molecule has 2 fully saturated rings. The van der Waals surface area contributed by atoms with Crippen LogP contribution < -0.4 is 15.4 Å². The third kappa shape index (κ3) is 7.86. The number of carbonyl (C=O) groups is 1. The van der Waals surface area contributed by atoms with Gasteiger partial charge in [-0.3, -0.25) is 14.3 Å². The molecular weight excluding hydrogens is 662 g/mol. The van der Waals surface area contributed by atoms with Crippen molar-refractivity contribution in [2.24, 2.45) is 0 Å². The molecule has 6 rings (SSSR count). The van der Waals surface area contributed by atoms with Crippen molar-refractivity contribution >= 4 is 36.6 Å². The SMILES string of the molecule is COc1cc(CP(=O)(O)O)ccc1Nc1ncc(C(F)(F)F)c(Nc2ccc([C@H]3CC[C@H](N4CCN(C)CC4)CC3)c3c2C(=O)N(C)C3)n1. The van der Waals surface area contributed by atoms with Crippen LogP contribution in [0, 0.1) is 0 Å². The fourth-order valence-corrected chi connectivity index (χ4v) is 7.84. The first kappa shape index (κ1) is 35.1. The van der Waals surface area contributed by atoms with E-state index in [4.69, 9.17) is 4.74 Å². The van der Waals surface area contributed by atoms with Crippen LogP contribution in [0.15, 0.2) is 36.5 Å². The first-order chi connectivity index (χ1) is 23.2. The third-order valence-corrected chi connectivity index (χ3v) is 10.5. The number of fused-ring (bicyclic) bond motifs is 1. The van der Waals surface area contributed by atoms with Crippen LogP contribution in [0.25, 0.3) is 0 Å². The summed E-state index contributed by atoms with van der Waals surface area (Å²) in [5.74, 6) is -0.554. The van der Waals surface area contributed by atoms with Crippen molar-refractivity contribution in [2.75, 3.05) is 58.0 Å². The Hall–Kier alpha value is -3.75. The quantitative estimate of drug-likeness (QED) is 0.209. The minimum Gasteiger partial charge on any atom is -0.495 e. The predicted octanol–water partition coefficient (Wildman–Crippen LogP) is 5.53. The number of nitrogens with one attached hydrogen (secondary N) is 2. The summed E-state index contributed by atoms with van der Waals surface area (Å²) in [6.45, 7) is 4.65. The number of halogens is 3. The first-order valence-electron chi connectivity index (χ1n) is 16.2. The highest BCUT2D eigenvalue weighted by Gasteiger charge is 2.38. The number of likely N-dealkylation sites (N-methyl/N-ethyl adjacent to an activating group) is 1. The summed E-state index contributed by atoms with van der Waals surface area (Å²) < 4.78 is 59.4. The van der Waals surface area contributed by atoms with Crippen LogP contribution in [0.1, 0.15) is 64.2 Å². The van der Waals surface area contributed by atoms with Gasteiger partial charge >= 0.3 is 13.8 Å². The maximum Gasteiger partial charge on any atom is 0.421 e. The molecule has 1 saturated carbocycles. The summed E-state index contributed by atoms with van der Waals surface area (Å²) in [6, 6.07) is 8.50. The second kappa shape index (κ2) is 13.9. The number of piperazine rings is 1. The van der Waals surface area contributed by atoms with E-state index in [0.29, 0.717) is 29.9 Å². The van der Waals surface area contributed by atoms with Gasteiger partial charge in [0, 0.05) is 52.0 Å². The van der Waals surface area contributed by atoms with E-state index in [0.717, 1.165) is 63.0 Å². The Kier molecular flexibility index (Phi) is 9.93. The van der Waals surface area contributed by atoms with Gasteiger partial charge in [0.05, 0.1) is 30.2 Å². The summed E-state index contributed by atoms with van der Waals surface area (Å²) in [5.41, 5.74) is 1.96. The van der Waals surface area contributed by atoms with Gasteiger partial charge in [0.1, 0.15) is 17.1 Å². The number of amides is 1. The molecule has 12 nitrogen and oxygen atoms in total. The molecule has 0 radical (unpaired) electrons. The van der Waals surface area contributed by atoms with Gasteiger partial charge < -0.3 is 35.0 Å². The number of carbonyl (C=O) groups excluding carboxylic acids is 1. The lowest BCUT2D eigenvalue weighted by Crippen LogP contribution is -2.49. The maximum absolute atomic E-state index is 14.2. The summed E-state index contributed by atoms with van der Waals surface area (Å²) in [7, 11) is 0.840. The molecule has 0 bridgehead atoms. The van der Waals surface area contributed by atoms with E-state index in [-0.39, 0.29) is 34.9 Å². The van der Waals surface area contributed by atoms with Crippen molar-refractivity contribution in [1.82, 2.24) is 24.7 Å². The molecule has 2 aliphatic heterocycles. The Bertz CT molecular complexity index is 1760. The normalized spacial score (nSPS) is 20.7. The summed E-state index contributed by atoms with van der Waals surface area (Å²) >= 11 is 0. The fraction of sp³-hybridized carbons (Fsp3) is 0.485. The van der Waals surface area contributed by atoms with Crippen LogP contribution in [0.5, 0.6) is 5.75 Å². The molecule has 49 heavy (non-hydrogen) atoms. The van der Waals surface area contributed by atoms with E-state index < -0.39 is 31.3 Å². The van der Waals surface area contributed by atoms with Crippen molar-refractivity contribution in [3.05, 3.63) is 64.3 Å². The maximum atomic E-state index is 14.2. The lowest BCUT2D eigenvalue weighted by atomic mass is 9.78. The van der Waals surface area contributed by atoms with Gasteiger partial charge in [-0.15, -0.1) is 0 Å². The molecule has 264 valence electrons. The Balaban J connectivity index is 1.26. The summed E-state index contributed by atoms with van der Waals surface area (Å²) in [6.07, 6.45) is -0.550. The van der Waals surface area contributed by atoms with Crippen molar-refractivity contribution < 1.29 is 37.1 Å². The number of aromatic nitrogens is 2. The van der Waals surface area contributed by atoms with Crippen LogP contribution in [0.2, 0.25) is 0 Å². The van der Waals surface area contributed by atoms with Crippen LogP contribution in [0.3, 0.4) is 0 Å². The number of rotatable bonds is 9. The number of benzene rings is 2. The second-order valence-electron chi connectivity index (χ2n) is 13.1. The number of alkyl halides is 3. The molecule has 3 aliphatic rings. The van der Waals surface area contributed by atoms with Gasteiger partial charge in [0.25, 0.3) is 5.91 Å². The molecule has 1 amide bonds. The number of hydrogen-bond acceptors (Lipinski definition) is 9. The Morgan fingerprint density at radius 2 is 1.69 bits per heavy atom. The lowest BCUT2D eigenvalue weighted by Gasteiger charge is -2.41. The Morgan fingerprint density at radius 1 is 1.00 bits per heavy atom. The monoisotopic (exact) mass is 703 g/mol. The van der Waals surface area contributed by atoms with Crippen LogP contribution in [0.4, 0.5) is 36.3 Å². The van der Waals surface area contributed by atoms with Gasteiger partial charge in [0.15, 0.2) is 0 Å². The van der Waals surface area contributed by atoms with E-state index in [1.807, 2.05) is 6.07 Å². The minimum atomic E-state index is -4.80. The lowest BCUT2D eigenvalue weighted by molar-refractivity contribution is -0.137. The van der Waals surface area contributed by atoms with E-state index in [2.05, 4.69) is 37.4 Å². The van der Waals surface area contributed by atoms with Gasteiger partial charge in [-0.25, -0.2) is 4.98 Å². The average molecular weight is 704 g/mol. The highest BCUT2D eigenvalue weighted by atomic mass is 31.2. The Labute approximate surface area is 282 Å². The Morgan fingerprint density at radius 3 is 2.35 bits per heavy atom. The first-order valence-corrected chi connectivity index (χ1v) is 18.0. The fourth-order valence-electron chi connectivity index (χ4n) is 7.17. The van der Waals surface area contributed by atoms with Gasteiger partial charge in [-0.05, 0) is 73.5 Å². The molecular formula is C33H41F3N7O5P. The van der Waals surface area contributed by atoms with Crippen molar-refractivity contribution in [3.8, 4) is 5.75 Å². The number of ether oxygens (including phenoxy) is 1. The van der Waals surface area contributed by atoms with E-state index in [1.165, 1.54) is 25.3 Å². The molecule has 1 aliphatic carbocycles. The molecule has 1 saturated heterocycles. The van der Waals surface area contributed by atoms with Crippen molar-refractivity contribution in [1.29, 1.82) is 0 Å². The predicted molar refractivity (Wildman–Crippen MR) is 179 cm³/mol. The molecule has 1 aromatic heterocycles. The zero-order chi connectivity index (χ0) is 35.1. The summed E-state index contributed by atoms with van der Waals surface area (Å²) in [4.78, 5) is 46.6. The molecule has 0 unspecified atom stereocenters. The number of methoxy groups -OCH3 is 1. The van der Waals surface area contributed by atoms with Crippen LogP contribution in [-0.4, -0.2) is 93.8 Å². The van der Waals surface area contributed by atoms with Gasteiger partial charge in [-0.2, -0.15) is 18.2 Å². The van der Waals surface area contributed by atoms with Crippen LogP contribution in [-0.2, 0) is 23.4 Å². The van der Waals surface area contributed by atoms with Gasteiger partial charge in [0.2, 0.25) is 5.95 Å².